The molecule has 0 aliphatic carbocycles. The Balaban J connectivity index is 2.73. The number of aromatic hydroxyl groups is 1. The summed E-state index contributed by atoms with van der Waals surface area (Å²) in [6.45, 7) is 3.96. The summed E-state index contributed by atoms with van der Waals surface area (Å²) in [5.74, 6) is -0.269. The van der Waals surface area contributed by atoms with Crippen LogP contribution in [0, 0.1) is 0 Å². The number of amides is 1. The Hall–Kier alpha value is -0.550. The number of nitrogens with one attached hydrogen (secondary N) is 1. The van der Waals surface area contributed by atoms with Crippen LogP contribution >= 0.6 is 31.9 Å². The summed E-state index contributed by atoms with van der Waals surface area (Å²) in [4.78, 5) is 12.2. The van der Waals surface area contributed by atoms with E-state index in [4.69, 9.17) is 0 Å². The number of hydrogen-bond donors (Lipinski definition) is 2. The third-order valence-electron chi connectivity index (χ3n) is 2.26. The fraction of sp³-hybridized carbons (Fsp3) is 0.417. The molecule has 0 spiro atoms. The Kier molecular flexibility index (Phi) is 5.46. The molecule has 94 valence electrons. The number of rotatable bonds is 4. The topological polar surface area (TPSA) is 49.3 Å². The van der Waals surface area contributed by atoms with E-state index in [2.05, 4.69) is 37.2 Å². The first-order valence-corrected chi connectivity index (χ1v) is 7.04. The van der Waals surface area contributed by atoms with Crippen LogP contribution in [0.5, 0.6) is 5.75 Å². The maximum absolute atomic E-state index is 11.9. The third-order valence-corrected chi connectivity index (χ3v) is 3.13. The van der Waals surface area contributed by atoms with Crippen molar-refractivity contribution >= 4 is 37.8 Å². The molecule has 17 heavy (non-hydrogen) atoms. The lowest BCUT2D eigenvalue weighted by Gasteiger charge is -2.15. The molecule has 0 saturated carbocycles. The number of benzene rings is 1. The third kappa shape index (κ3) is 4.68. The summed E-state index contributed by atoms with van der Waals surface area (Å²) in [6, 6.07) is 4.84. The van der Waals surface area contributed by atoms with Gasteiger partial charge in [-0.2, -0.15) is 0 Å². The van der Waals surface area contributed by atoms with Gasteiger partial charge in [0.25, 0.3) is 5.91 Å². The zero-order valence-corrected chi connectivity index (χ0v) is 12.9. The predicted octanol–water partition coefficient (Wildman–Crippen LogP) is 3.45. The molecule has 2 unspecified atom stereocenters. The monoisotopic (exact) mass is 363 g/mol. The summed E-state index contributed by atoms with van der Waals surface area (Å²) >= 11 is 6.71. The van der Waals surface area contributed by atoms with Crippen LogP contribution in [0.15, 0.2) is 22.7 Å². The van der Waals surface area contributed by atoms with Gasteiger partial charge in [-0.3, -0.25) is 4.79 Å². The predicted molar refractivity (Wildman–Crippen MR) is 75.7 cm³/mol. The molecule has 0 saturated heterocycles. The highest BCUT2D eigenvalue weighted by Crippen LogP contribution is 2.22. The van der Waals surface area contributed by atoms with Gasteiger partial charge in [-0.05, 0) is 31.5 Å². The molecule has 5 heteroatoms. The number of halogens is 2. The first-order chi connectivity index (χ1) is 7.90. The van der Waals surface area contributed by atoms with E-state index in [-0.39, 0.29) is 23.3 Å². The summed E-state index contributed by atoms with van der Waals surface area (Å²) in [5, 5.41) is 12.5. The summed E-state index contributed by atoms with van der Waals surface area (Å²) in [6.07, 6.45) is 0.834. The average molecular weight is 365 g/mol. The molecule has 1 rings (SSSR count). The summed E-state index contributed by atoms with van der Waals surface area (Å²) in [5.41, 5.74) is 0.286. The van der Waals surface area contributed by atoms with E-state index in [1.54, 1.807) is 12.1 Å². The van der Waals surface area contributed by atoms with Gasteiger partial charge in [0.1, 0.15) is 5.75 Å². The van der Waals surface area contributed by atoms with E-state index in [1.165, 1.54) is 6.07 Å². The highest BCUT2D eigenvalue weighted by molar-refractivity contribution is 9.10. The van der Waals surface area contributed by atoms with Crippen molar-refractivity contribution in [2.45, 2.75) is 31.1 Å². The fourth-order valence-electron chi connectivity index (χ4n) is 1.54. The van der Waals surface area contributed by atoms with Crippen molar-refractivity contribution in [1.29, 1.82) is 0 Å². The molecule has 3 nitrogen and oxygen atoms in total. The van der Waals surface area contributed by atoms with Crippen LogP contribution in [0.25, 0.3) is 0 Å². The maximum Gasteiger partial charge on any atom is 0.255 e. The fourth-order valence-corrected chi connectivity index (χ4v) is 2.46. The smallest absolute Gasteiger partial charge is 0.255 e. The lowest BCUT2D eigenvalue weighted by atomic mass is 10.1. The molecule has 0 radical (unpaired) electrons. The molecule has 1 aromatic rings. The van der Waals surface area contributed by atoms with Gasteiger partial charge in [-0.25, -0.2) is 0 Å². The van der Waals surface area contributed by atoms with Crippen molar-refractivity contribution in [1.82, 2.24) is 5.32 Å². The number of phenols is 1. The first-order valence-electron chi connectivity index (χ1n) is 5.33. The number of hydrogen-bond acceptors (Lipinski definition) is 2. The van der Waals surface area contributed by atoms with Gasteiger partial charge < -0.3 is 10.4 Å². The molecule has 0 aromatic heterocycles. The van der Waals surface area contributed by atoms with E-state index in [0.717, 1.165) is 10.9 Å². The van der Waals surface area contributed by atoms with E-state index in [0.29, 0.717) is 4.83 Å². The van der Waals surface area contributed by atoms with Crippen LogP contribution in [0.4, 0.5) is 0 Å². The molecule has 0 heterocycles. The lowest BCUT2D eigenvalue weighted by molar-refractivity contribution is 0.0936. The van der Waals surface area contributed by atoms with Crippen molar-refractivity contribution in [3.63, 3.8) is 0 Å². The van der Waals surface area contributed by atoms with Gasteiger partial charge in [0.2, 0.25) is 0 Å². The van der Waals surface area contributed by atoms with Gasteiger partial charge in [0, 0.05) is 15.3 Å². The molecule has 0 bridgehead atoms. The van der Waals surface area contributed by atoms with Crippen LogP contribution in [0.3, 0.4) is 0 Å². The van der Waals surface area contributed by atoms with E-state index in [1.807, 2.05) is 13.8 Å². The zero-order valence-electron chi connectivity index (χ0n) is 9.71. The first kappa shape index (κ1) is 14.5. The average Bonchev–Trinajstić information content (AvgIpc) is 2.20. The largest absolute Gasteiger partial charge is 0.507 e. The second-order valence-electron chi connectivity index (χ2n) is 4.05. The number of alkyl halides is 1. The van der Waals surface area contributed by atoms with Gasteiger partial charge in [-0.1, -0.05) is 38.8 Å². The molecule has 0 fully saturated rings. The maximum atomic E-state index is 11.9. The van der Waals surface area contributed by atoms with E-state index < -0.39 is 0 Å². The number of phenolic OH excluding ortho intramolecular Hbond substituents is 1. The second kappa shape index (κ2) is 6.40. The normalized spacial score (nSPS) is 14.1. The number of carbonyl (C=O) groups excluding carboxylic acids is 1. The molecular formula is C12H15Br2NO2. The highest BCUT2D eigenvalue weighted by atomic mass is 79.9. The summed E-state index contributed by atoms with van der Waals surface area (Å²) in [7, 11) is 0. The molecule has 2 N–H and O–H groups in total. The molecule has 0 aliphatic rings. The van der Waals surface area contributed by atoms with Gasteiger partial charge in [-0.15, -0.1) is 0 Å². The minimum absolute atomic E-state index is 0.00945. The van der Waals surface area contributed by atoms with Gasteiger partial charge in [0.05, 0.1) is 5.56 Å². The minimum atomic E-state index is -0.260. The standard InChI is InChI=1S/C12H15Br2NO2/c1-7(13)5-8(2)15-12(17)10-6-9(14)3-4-11(10)16/h3-4,6-8,16H,5H2,1-2H3,(H,15,17). The molecule has 2 atom stereocenters. The Morgan fingerprint density at radius 1 is 1.47 bits per heavy atom. The Morgan fingerprint density at radius 2 is 2.12 bits per heavy atom. The Bertz CT molecular complexity index is 407. The van der Waals surface area contributed by atoms with Crippen LogP contribution in [-0.2, 0) is 0 Å². The van der Waals surface area contributed by atoms with Crippen molar-refractivity contribution in [3.8, 4) is 5.75 Å². The van der Waals surface area contributed by atoms with Crippen LogP contribution in [0.2, 0.25) is 0 Å². The quantitative estimate of drug-likeness (QED) is 0.804. The van der Waals surface area contributed by atoms with Crippen LogP contribution in [-0.4, -0.2) is 21.9 Å². The number of carbonyl (C=O) groups is 1. The molecule has 1 amide bonds. The van der Waals surface area contributed by atoms with Crippen LogP contribution in [0.1, 0.15) is 30.6 Å². The second-order valence-corrected chi connectivity index (χ2v) is 6.53. The van der Waals surface area contributed by atoms with Crippen molar-refractivity contribution in [2.24, 2.45) is 0 Å². The highest BCUT2D eigenvalue weighted by Gasteiger charge is 2.15. The van der Waals surface area contributed by atoms with E-state index >= 15 is 0 Å². The SMILES string of the molecule is CC(Br)CC(C)NC(=O)c1cc(Br)ccc1O. The zero-order chi connectivity index (χ0) is 13.0. The van der Waals surface area contributed by atoms with Crippen molar-refractivity contribution in [3.05, 3.63) is 28.2 Å². The Morgan fingerprint density at radius 3 is 2.71 bits per heavy atom. The van der Waals surface area contributed by atoms with Crippen LogP contribution < -0.4 is 5.32 Å². The Labute approximate surface area is 118 Å². The molecule has 0 aliphatic heterocycles. The molecular weight excluding hydrogens is 350 g/mol. The summed E-state index contributed by atoms with van der Waals surface area (Å²) < 4.78 is 0.766. The lowest BCUT2D eigenvalue weighted by Crippen LogP contribution is -2.33. The van der Waals surface area contributed by atoms with Gasteiger partial charge in [0.15, 0.2) is 0 Å². The van der Waals surface area contributed by atoms with Crippen molar-refractivity contribution < 1.29 is 9.90 Å². The van der Waals surface area contributed by atoms with E-state index in [9.17, 15) is 9.90 Å². The van der Waals surface area contributed by atoms with Gasteiger partial charge >= 0.3 is 0 Å². The minimum Gasteiger partial charge on any atom is -0.507 e. The van der Waals surface area contributed by atoms with Crippen molar-refractivity contribution in [2.75, 3.05) is 0 Å². The molecule has 1 aromatic carbocycles.